The minimum atomic E-state index is -5.60. The Balaban J connectivity index is 2.19. The molecule has 0 atom stereocenters. The molecule has 2 heterocycles. The van der Waals surface area contributed by atoms with Gasteiger partial charge in [-0.25, -0.2) is 9.97 Å². The first-order valence-electron chi connectivity index (χ1n) is 8.65. The molecule has 0 saturated carbocycles. The van der Waals surface area contributed by atoms with Gasteiger partial charge in [0.15, 0.2) is 11.5 Å². The molecular weight excluding hydrogens is 428 g/mol. The van der Waals surface area contributed by atoms with Crippen LogP contribution in [0.5, 0.6) is 0 Å². The predicted molar refractivity (Wildman–Crippen MR) is 97.4 cm³/mol. The highest BCUT2D eigenvalue weighted by molar-refractivity contribution is 6.06. The van der Waals surface area contributed by atoms with Crippen LogP contribution < -0.4 is 0 Å². The molecule has 31 heavy (non-hydrogen) atoms. The van der Waals surface area contributed by atoms with Gasteiger partial charge in [-0.2, -0.15) is 26.3 Å². The molecule has 0 radical (unpaired) electrons. The number of rotatable bonds is 2. The van der Waals surface area contributed by atoms with E-state index >= 15 is 0 Å². The molecule has 0 aliphatic rings. The second kappa shape index (κ2) is 6.86. The van der Waals surface area contributed by atoms with Gasteiger partial charge in [0.05, 0.1) is 11.0 Å². The molecular formula is C20H11F6N3O2. The van der Waals surface area contributed by atoms with E-state index in [-0.39, 0.29) is 22.3 Å². The number of aromatic nitrogens is 3. The van der Waals surface area contributed by atoms with Crippen molar-refractivity contribution in [1.82, 2.24) is 15.0 Å². The molecule has 160 valence electrons. The Hall–Kier alpha value is -3.31. The molecule has 0 spiro atoms. The number of fused-ring (bicyclic) bond motifs is 3. The van der Waals surface area contributed by atoms with Crippen molar-refractivity contribution in [2.75, 3.05) is 0 Å². The van der Waals surface area contributed by atoms with Crippen LogP contribution in [0.3, 0.4) is 0 Å². The van der Waals surface area contributed by atoms with Crippen LogP contribution in [0.1, 0.15) is 11.3 Å². The zero-order valence-electron chi connectivity index (χ0n) is 15.2. The summed E-state index contributed by atoms with van der Waals surface area (Å²) < 4.78 is 81.3. The Morgan fingerprint density at radius 3 is 2.03 bits per heavy atom. The minimum Gasteiger partial charge on any atom is -0.355 e. The van der Waals surface area contributed by atoms with Gasteiger partial charge in [0.25, 0.3) is 5.79 Å². The summed E-state index contributed by atoms with van der Waals surface area (Å²) in [7, 11) is 0. The lowest BCUT2D eigenvalue weighted by Gasteiger charge is -2.26. The Bertz CT molecular complexity index is 1290. The second-order valence-corrected chi connectivity index (χ2v) is 6.65. The third kappa shape index (κ3) is 3.45. The first kappa shape index (κ1) is 20.9. The fourth-order valence-electron chi connectivity index (χ4n) is 3.19. The van der Waals surface area contributed by atoms with Gasteiger partial charge in [0.1, 0.15) is 0 Å². The topological polar surface area (TPSA) is 79.1 Å². The maximum atomic E-state index is 13.8. The summed E-state index contributed by atoms with van der Waals surface area (Å²) in [5.41, 5.74) is -3.40. The number of hydrogen-bond donors (Lipinski definition) is 2. The molecule has 0 aliphatic carbocycles. The molecule has 0 unspecified atom stereocenters. The Labute approximate surface area is 169 Å². The van der Waals surface area contributed by atoms with Gasteiger partial charge in [0, 0.05) is 28.1 Å². The monoisotopic (exact) mass is 439 g/mol. The van der Waals surface area contributed by atoms with Crippen LogP contribution in [-0.2, 0) is 12.0 Å². The number of nitrogens with zero attached hydrogens (tertiary/aromatic N) is 3. The predicted octanol–water partition coefficient (Wildman–Crippen LogP) is 4.56. The van der Waals surface area contributed by atoms with Gasteiger partial charge >= 0.3 is 12.4 Å². The van der Waals surface area contributed by atoms with E-state index in [9.17, 15) is 36.6 Å². The molecule has 2 N–H and O–H groups in total. The van der Waals surface area contributed by atoms with Crippen molar-refractivity contribution in [3.63, 3.8) is 0 Å². The van der Waals surface area contributed by atoms with Crippen molar-refractivity contribution in [3.05, 3.63) is 66.0 Å². The van der Waals surface area contributed by atoms with E-state index in [1.54, 1.807) is 18.2 Å². The standard InChI is InChI=1S/C20H11F6N3O2/c21-19(22,23)16-12-9-13(18(30,31)20(24,25)26)15-11(7-4-8-27-15)14(12)28-17(29-16)10-5-2-1-3-6-10/h1-9,30-31H. The lowest BCUT2D eigenvalue weighted by molar-refractivity contribution is -0.357. The van der Waals surface area contributed by atoms with Crippen molar-refractivity contribution >= 4 is 21.8 Å². The van der Waals surface area contributed by atoms with Crippen molar-refractivity contribution in [1.29, 1.82) is 0 Å². The van der Waals surface area contributed by atoms with Gasteiger partial charge in [-0.15, -0.1) is 0 Å². The molecule has 0 saturated heterocycles. The zero-order valence-corrected chi connectivity index (χ0v) is 15.2. The number of pyridine rings is 1. The molecule has 11 heteroatoms. The molecule has 5 nitrogen and oxygen atoms in total. The summed E-state index contributed by atoms with van der Waals surface area (Å²) in [4.78, 5) is 11.4. The summed E-state index contributed by atoms with van der Waals surface area (Å²) in [6.45, 7) is 0. The fourth-order valence-corrected chi connectivity index (χ4v) is 3.19. The summed E-state index contributed by atoms with van der Waals surface area (Å²) in [6.07, 6.45) is -9.59. The van der Waals surface area contributed by atoms with E-state index < -0.39 is 40.3 Å². The first-order chi connectivity index (χ1) is 14.4. The molecule has 0 fully saturated rings. The summed E-state index contributed by atoms with van der Waals surface area (Å²) >= 11 is 0. The maximum absolute atomic E-state index is 13.8. The average molecular weight is 439 g/mol. The molecule has 0 aliphatic heterocycles. The molecule has 4 aromatic rings. The van der Waals surface area contributed by atoms with Crippen molar-refractivity contribution in [2.45, 2.75) is 18.1 Å². The van der Waals surface area contributed by atoms with Crippen molar-refractivity contribution < 1.29 is 36.6 Å². The minimum absolute atomic E-state index is 0.225. The van der Waals surface area contributed by atoms with Crippen LogP contribution in [0.15, 0.2) is 54.7 Å². The summed E-state index contributed by atoms with van der Waals surface area (Å²) in [6, 6.07) is 10.6. The highest BCUT2D eigenvalue weighted by Crippen LogP contribution is 2.43. The van der Waals surface area contributed by atoms with E-state index in [0.29, 0.717) is 6.07 Å². The van der Waals surface area contributed by atoms with Crippen LogP contribution in [-0.4, -0.2) is 31.3 Å². The van der Waals surface area contributed by atoms with Gasteiger partial charge < -0.3 is 10.2 Å². The second-order valence-electron chi connectivity index (χ2n) is 6.65. The van der Waals surface area contributed by atoms with Gasteiger partial charge in [-0.1, -0.05) is 30.3 Å². The molecule has 0 amide bonds. The van der Waals surface area contributed by atoms with Crippen LogP contribution in [0.2, 0.25) is 0 Å². The zero-order chi connectivity index (χ0) is 22.6. The van der Waals surface area contributed by atoms with Gasteiger partial charge in [0.2, 0.25) is 0 Å². The number of aliphatic hydroxyl groups is 2. The number of alkyl halides is 6. The van der Waals surface area contributed by atoms with E-state index in [1.807, 2.05) is 0 Å². The van der Waals surface area contributed by atoms with Crippen LogP contribution >= 0.6 is 0 Å². The third-order valence-electron chi connectivity index (χ3n) is 4.62. The fraction of sp³-hybridized carbons (Fsp3) is 0.150. The number of hydrogen-bond acceptors (Lipinski definition) is 5. The Morgan fingerprint density at radius 1 is 0.742 bits per heavy atom. The van der Waals surface area contributed by atoms with Crippen LogP contribution in [0, 0.1) is 0 Å². The largest absolute Gasteiger partial charge is 0.447 e. The summed E-state index contributed by atoms with van der Waals surface area (Å²) in [5, 5.41) is 18.5. The Morgan fingerprint density at radius 2 is 1.42 bits per heavy atom. The smallest absolute Gasteiger partial charge is 0.355 e. The quantitative estimate of drug-likeness (QED) is 0.272. The lowest BCUT2D eigenvalue weighted by atomic mass is 9.97. The molecule has 2 aromatic heterocycles. The number of halogens is 6. The lowest BCUT2D eigenvalue weighted by Crippen LogP contribution is -2.42. The van der Waals surface area contributed by atoms with Crippen LogP contribution in [0.25, 0.3) is 33.2 Å². The van der Waals surface area contributed by atoms with Gasteiger partial charge in [-0.3, -0.25) is 4.98 Å². The molecule has 4 rings (SSSR count). The highest BCUT2D eigenvalue weighted by Gasteiger charge is 2.55. The van der Waals surface area contributed by atoms with E-state index in [2.05, 4.69) is 15.0 Å². The van der Waals surface area contributed by atoms with E-state index in [1.165, 1.54) is 24.3 Å². The molecule has 2 aromatic carbocycles. The maximum Gasteiger partial charge on any atom is 0.447 e. The van der Waals surface area contributed by atoms with Crippen molar-refractivity contribution in [3.8, 4) is 11.4 Å². The first-order valence-corrected chi connectivity index (χ1v) is 8.65. The molecule has 0 bridgehead atoms. The van der Waals surface area contributed by atoms with Gasteiger partial charge in [-0.05, 0) is 18.2 Å². The van der Waals surface area contributed by atoms with Crippen LogP contribution in [0.4, 0.5) is 26.3 Å². The third-order valence-corrected chi connectivity index (χ3v) is 4.62. The average Bonchev–Trinajstić information content (AvgIpc) is 2.71. The van der Waals surface area contributed by atoms with E-state index in [4.69, 9.17) is 0 Å². The highest BCUT2D eigenvalue weighted by atomic mass is 19.4. The summed E-state index contributed by atoms with van der Waals surface area (Å²) in [5.74, 6) is -4.75. The SMILES string of the molecule is OC(O)(c1cc2c(C(F)(F)F)nc(-c3ccccc3)nc2c2cccnc12)C(F)(F)F. The Kier molecular flexibility index (Phi) is 4.63. The van der Waals surface area contributed by atoms with E-state index in [0.717, 1.165) is 6.20 Å². The number of benzene rings is 2. The van der Waals surface area contributed by atoms with Crippen molar-refractivity contribution in [2.24, 2.45) is 0 Å². The normalized spacial score (nSPS) is 13.2.